The predicted octanol–water partition coefficient (Wildman–Crippen LogP) is 3.86. The summed E-state index contributed by atoms with van der Waals surface area (Å²) >= 11 is 1.56. The van der Waals surface area contributed by atoms with Gasteiger partial charge in [0.2, 0.25) is 0 Å². The maximum Gasteiger partial charge on any atom is 0.253 e. The molecule has 5 nitrogen and oxygen atoms in total. The molecule has 1 amide bonds. The molecule has 2 saturated heterocycles. The smallest absolute Gasteiger partial charge is 0.253 e. The van der Waals surface area contributed by atoms with E-state index in [2.05, 4.69) is 25.8 Å². The molecule has 0 aliphatic carbocycles. The molecular formula is C21H28N2O3S. The summed E-state index contributed by atoms with van der Waals surface area (Å²) in [4.78, 5) is 19.1. The number of fused-ring (bicyclic) bond motifs is 1. The quantitative estimate of drug-likeness (QED) is 0.806. The number of likely N-dealkylation sites (tertiary alicyclic amines) is 1. The summed E-state index contributed by atoms with van der Waals surface area (Å²) in [6.45, 7) is 7.83. The lowest BCUT2D eigenvalue weighted by atomic mass is 9.76. The van der Waals surface area contributed by atoms with Gasteiger partial charge in [0.15, 0.2) is 0 Å². The van der Waals surface area contributed by atoms with Gasteiger partial charge in [0, 0.05) is 31.5 Å². The van der Waals surface area contributed by atoms with E-state index >= 15 is 0 Å². The lowest BCUT2D eigenvalue weighted by Crippen LogP contribution is -2.55. The van der Waals surface area contributed by atoms with Gasteiger partial charge in [0.25, 0.3) is 5.91 Å². The summed E-state index contributed by atoms with van der Waals surface area (Å²) in [5.41, 5.74) is 3.17. The van der Waals surface area contributed by atoms with Crippen molar-refractivity contribution < 1.29 is 14.6 Å². The van der Waals surface area contributed by atoms with Crippen LogP contribution >= 0.6 is 11.3 Å². The Bertz CT molecular complexity index is 833. The number of thiazole rings is 1. The minimum atomic E-state index is -0.320. The molecule has 2 atom stereocenters. The Morgan fingerprint density at radius 2 is 2.07 bits per heavy atom. The summed E-state index contributed by atoms with van der Waals surface area (Å²) in [7, 11) is 0. The van der Waals surface area contributed by atoms with Crippen LogP contribution in [0.15, 0.2) is 23.7 Å². The third-order valence-electron chi connectivity index (χ3n) is 5.99. The molecule has 2 aliphatic heterocycles. The highest BCUT2D eigenvalue weighted by Gasteiger charge is 2.46. The van der Waals surface area contributed by atoms with Gasteiger partial charge in [0.05, 0.1) is 33.5 Å². The summed E-state index contributed by atoms with van der Waals surface area (Å²) in [6.07, 6.45) is 2.67. The van der Waals surface area contributed by atoms with Crippen LogP contribution in [0.5, 0.6) is 0 Å². The number of nitrogens with zero attached hydrogens (tertiary/aromatic N) is 2. The van der Waals surface area contributed by atoms with E-state index in [9.17, 15) is 9.90 Å². The number of ether oxygens (including phenoxy) is 1. The summed E-state index contributed by atoms with van der Waals surface area (Å²) < 4.78 is 7.57. The minimum Gasteiger partial charge on any atom is -0.393 e. The Kier molecular flexibility index (Phi) is 4.77. The molecule has 1 aromatic carbocycles. The third-order valence-corrected chi connectivity index (χ3v) is 6.78. The number of piperidine rings is 1. The van der Waals surface area contributed by atoms with Crippen molar-refractivity contribution in [1.82, 2.24) is 9.88 Å². The fourth-order valence-corrected chi connectivity index (χ4v) is 5.01. The molecule has 27 heavy (non-hydrogen) atoms. The number of carbonyl (C=O) groups excluding carboxylic acids is 1. The van der Waals surface area contributed by atoms with Gasteiger partial charge in [-0.1, -0.05) is 20.8 Å². The van der Waals surface area contributed by atoms with Crippen LogP contribution in [0.2, 0.25) is 0 Å². The van der Waals surface area contributed by atoms with Crippen molar-refractivity contribution in [1.29, 1.82) is 0 Å². The van der Waals surface area contributed by atoms with E-state index in [0.29, 0.717) is 25.9 Å². The summed E-state index contributed by atoms with van der Waals surface area (Å²) in [6, 6.07) is 5.72. The van der Waals surface area contributed by atoms with Crippen LogP contribution in [0.1, 0.15) is 56.8 Å². The van der Waals surface area contributed by atoms with E-state index in [1.54, 1.807) is 16.8 Å². The highest BCUT2D eigenvalue weighted by molar-refractivity contribution is 7.16. The van der Waals surface area contributed by atoms with Gasteiger partial charge in [0.1, 0.15) is 0 Å². The number of amides is 1. The van der Waals surface area contributed by atoms with E-state index in [1.807, 2.05) is 23.1 Å². The number of aliphatic hydroxyl groups is 1. The zero-order valence-corrected chi connectivity index (χ0v) is 17.1. The second-order valence-corrected chi connectivity index (χ2v) is 9.96. The first kappa shape index (κ1) is 18.8. The first-order valence-electron chi connectivity index (χ1n) is 9.74. The van der Waals surface area contributed by atoms with Crippen LogP contribution in [0.3, 0.4) is 0 Å². The molecule has 1 spiro atoms. The third kappa shape index (κ3) is 3.75. The second kappa shape index (κ2) is 6.83. The zero-order valence-electron chi connectivity index (χ0n) is 16.3. The van der Waals surface area contributed by atoms with Crippen LogP contribution < -0.4 is 0 Å². The Balaban J connectivity index is 1.45. The van der Waals surface area contributed by atoms with Gasteiger partial charge in [-0.25, -0.2) is 4.98 Å². The van der Waals surface area contributed by atoms with Crippen molar-refractivity contribution in [3.05, 3.63) is 29.3 Å². The number of carbonyl (C=O) groups is 1. The molecule has 0 bridgehead atoms. The van der Waals surface area contributed by atoms with Crippen molar-refractivity contribution in [2.24, 2.45) is 5.41 Å². The van der Waals surface area contributed by atoms with Gasteiger partial charge in [-0.05, 0) is 36.5 Å². The molecule has 2 fully saturated rings. The Labute approximate surface area is 164 Å². The molecule has 1 N–H and O–H groups in total. The van der Waals surface area contributed by atoms with Crippen molar-refractivity contribution >= 4 is 27.5 Å². The molecule has 3 heterocycles. The molecule has 0 radical (unpaired) electrons. The Hall–Kier alpha value is -1.50. The molecule has 1 aromatic heterocycles. The van der Waals surface area contributed by atoms with Gasteiger partial charge >= 0.3 is 0 Å². The van der Waals surface area contributed by atoms with Gasteiger partial charge in [-0.15, -0.1) is 11.3 Å². The number of hydrogen-bond donors (Lipinski definition) is 1. The number of hydrogen-bond acceptors (Lipinski definition) is 5. The standard InChI is InChI=1S/C21H28N2O3S/c1-20(2,3)18-11-15(24)12-21(26-18)6-8-23(9-7-21)19(25)14-4-5-16-17(10-14)27-13-22-16/h4-5,10,13,15,18,24H,6-9,11-12H2,1-3H3/t15-,18-/m1/s1. The first-order valence-corrected chi connectivity index (χ1v) is 10.6. The van der Waals surface area contributed by atoms with E-state index in [-0.39, 0.29) is 29.1 Å². The number of aliphatic hydroxyl groups excluding tert-OH is 1. The van der Waals surface area contributed by atoms with Crippen LogP contribution in [0.25, 0.3) is 10.2 Å². The summed E-state index contributed by atoms with van der Waals surface area (Å²) in [5.74, 6) is 0.0730. The topological polar surface area (TPSA) is 62.7 Å². The first-order chi connectivity index (χ1) is 12.8. The SMILES string of the molecule is CC(C)(C)[C@H]1C[C@@H](O)CC2(CCN(C(=O)c3ccc4ncsc4c3)CC2)O1. The van der Waals surface area contributed by atoms with Gasteiger partial charge in [-0.2, -0.15) is 0 Å². The highest BCUT2D eigenvalue weighted by Crippen LogP contribution is 2.42. The highest BCUT2D eigenvalue weighted by atomic mass is 32.1. The fourth-order valence-electron chi connectivity index (χ4n) is 4.30. The lowest BCUT2D eigenvalue weighted by Gasteiger charge is -2.50. The molecule has 2 aliphatic rings. The normalized spacial score (nSPS) is 25.9. The largest absolute Gasteiger partial charge is 0.393 e. The molecule has 146 valence electrons. The molecule has 4 rings (SSSR count). The van der Waals surface area contributed by atoms with Gasteiger partial charge < -0.3 is 14.7 Å². The van der Waals surface area contributed by atoms with Crippen molar-refractivity contribution in [2.45, 2.75) is 64.3 Å². The lowest BCUT2D eigenvalue weighted by molar-refractivity contribution is -0.205. The Morgan fingerprint density at radius 1 is 1.33 bits per heavy atom. The van der Waals surface area contributed by atoms with Crippen molar-refractivity contribution in [2.75, 3.05) is 13.1 Å². The predicted molar refractivity (Wildman–Crippen MR) is 107 cm³/mol. The van der Waals surface area contributed by atoms with Crippen LogP contribution in [-0.2, 0) is 4.74 Å². The molecule has 6 heteroatoms. The van der Waals surface area contributed by atoms with Crippen molar-refractivity contribution in [3.8, 4) is 0 Å². The molecule has 0 saturated carbocycles. The number of aromatic nitrogens is 1. The van der Waals surface area contributed by atoms with E-state index in [4.69, 9.17) is 4.74 Å². The van der Waals surface area contributed by atoms with Crippen LogP contribution in [0.4, 0.5) is 0 Å². The minimum absolute atomic E-state index is 0.00546. The fraction of sp³-hybridized carbons (Fsp3) is 0.619. The van der Waals surface area contributed by atoms with Crippen LogP contribution in [-0.4, -0.2) is 51.8 Å². The number of rotatable bonds is 1. The van der Waals surface area contributed by atoms with Crippen molar-refractivity contribution in [3.63, 3.8) is 0 Å². The molecule has 0 unspecified atom stereocenters. The monoisotopic (exact) mass is 388 g/mol. The molecular weight excluding hydrogens is 360 g/mol. The average Bonchev–Trinajstić information content (AvgIpc) is 3.08. The molecule has 2 aromatic rings. The average molecular weight is 389 g/mol. The van der Waals surface area contributed by atoms with Crippen LogP contribution in [0, 0.1) is 5.41 Å². The maximum atomic E-state index is 12.9. The Morgan fingerprint density at radius 3 is 2.78 bits per heavy atom. The van der Waals surface area contributed by atoms with E-state index in [0.717, 1.165) is 28.6 Å². The number of benzene rings is 1. The zero-order chi connectivity index (χ0) is 19.2. The van der Waals surface area contributed by atoms with E-state index < -0.39 is 0 Å². The van der Waals surface area contributed by atoms with Gasteiger partial charge in [-0.3, -0.25) is 4.79 Å². The maximum absolute atomic E-state index is 12.9. The summed E-state index contributed by atoms with van der Waals surface area (Å²) in [5, 5.41) is 10.4. The van der Waals surface area contributed by atoms with E-state index in [1.165, 1.54) is 0 Å². The second-order valence-electron chi connectivity index (χ2n) is 9.08.